The highest BCUT2D eigenvalue weighted by Gasteiger charge is 2.54. The van der Waals surface area contributed by atoms with Crippen LogP contribution in [0.3, 0.4) is 0 Å². The van der Waals surface area contributed by atoms with Gasteiger partial charge in [-0.15, -0.1) is 0 Å². The smallest absolute Gasteiger partial charge is 0.187 e. The van der Waals surface area contributed by atoms with E-state index >= 15 is 0 Å². The molecule has 11 heteroatoms. The van der Waals surface area contributed by atoms with Gasteiger partial charge in [0.1, 0.15) is 48.8 Å². The molecule has 7 aromatic carbocycles. The Morgan fingerprint density at radius 2 is 0.569 bits per heavy atom. The SMILES string of the molecule is O[C@H]1[C@@H](O[C@H]2[C@H](OCc3ccccc3)O[C@H](COCc3ccccc3)[C@@H](OCc3ccccc3)[C@@H]2OCc2ccccc2)O[C@H](COCc2ccccc2)[C@@H](OCc2ccccc2)[C@@H]1OCc1ccccc1. The number of hydrogen-bond acceptors (Lipinski definition) is 11. The molecule has 72 heavy (non-hydrogen) atoms. The van der Waals surface area contributed by atoms with Crippen molar-refractivity contribution in [1.82, 2.24) is 0 Å². The van der Waals surface area contributed by atoms with Crippen LogP contribution >= 0.6 is 0 Å². The Morgan fingerprint density at radius 1 is 0.292 bits per heavy atom. The maximum Gasteiger partial charge on any atom is 0.187 e. The van der Waals surface area contributed by atoms with E-state index < -0.39 is 61.4 Å². The zero-order valence-electron chi connectivity index (χ0n) is 40.4. The Balaban J connectivity index is 1.07. The standard InChI is InChI=1S/C61H64O11/c62-54-57(67-40-49-30-16-5-17-31-49)55(65-38-47-26-12-3-13-27-47)52(43-63-36-45-22-8-1-9-23-45)70-60(54)72-59-58(68-41-50-32-18-6-19-33-50)56(66-39-48-28-14-4-15-29-48)53(44-64-37-46-24-10-2-11-25-46)71-61(59)69-42-51-34-20-7-21-35-51/h1-35,52-62H,36-44H2/t52-,53-,54-,55-,56-,57-,58+,59-,60-,61-/m1/s1. The summed E-state index contributed by atoms with van der Waals surface area (Å²) in [4.78, 5) is 0. The molecule has 0 unspecified atom stereocenters. The summed E-state index contributed by atoms with van der Waals surface area (Å²) in [5.74, 6) is 0. The van der Waals surface area contributed by atoms with Gasteiger partial charge in [0.2, 0.25) is 0 Å². The largest absolute Gasteiger partial charge is 0.385 e. The molecule has 0 aromatic heterocycles. The number of aliphatic hydroxyl groups is 1. The van der Waals surface area contributed by atoms with Gasteiger partial charge in [0.05, 0.1) is 59.5 Å². The van der Waals surface area contributed by atoms with Crippen molar-refractivity contribution in [3.8, 4) is 0 Å². The molecular weight excluding hydrogens is 909 g/mol. The summed E-state index contributed by atoms with van der Waals surface area (Å²) in [6.07, 6.45) is -9.59. The monoisotopic (exact) mass is 972 g/mol. The lowest BCUT2D eigenvalue weighted by atomic mass is 9.96. The zero-order chi connectivity index (χ0) is 49.0. The minimum absolute atomic E-state index is 0.0960. The quantitative estimate of drug-likeness (QED) is 0.0591. The van der Waals surface area contributed by atoms with Crippen molar-refractivity contribution in [2.75, 3.05) is 13.2 Å². The van der Waals surface area contributed by atoms with E-state index in [1.165, 1.54) is 0 Å². The van der Waals surface area contributed by atoms with Gasteiger partial charge in [-0.2, -0.15) is 0 Å². The molecule has 0 aliphatic carbocycles. The second-order valence-corrected chi connectivity index (χ2v) is 18.0. The lowest BCUT2D eigenvalue weighted by Gasteiger charge is -2.49. The van der Waals surface area contributed by atoms with E-state index in [9.17, 15) is 5.11 Å². The summed E-state index contributed by atoms with van der Waals surface area (Å²) in [7, 11) is 0. The number of rotatable bonds is 25. The number of hydrogen-bond donors (Lipinski definition) is 1. The predicted octanol–water partition coefficient (Wildman–Crippen LogP) is 10.2. The molecule has 2 fully saturated rings. The predicted molar refractivity (Wildman–Crippen MR) is 272 cm³/mol. The van der Waals surface area contributed by atoms with Crippen molar-refractivity contribution in [2.24, 2.45) is 0 Å². The summed E-state index contributed by atoms with van der Waals surface area (Å²) in [5, 5.41) is 12.7. The first kappa shape index (κ1) is 51.0. The Bertz CT molecular complexity index is 2550. The van der Waals surface area contributed by atoms with Gasteiger partial charge in [-0.3, -0.25) is 0 Å². The van der Waals surface area contributed by atoms with Crippen LogP contribution in [0.4, 0.5) is 0 Å². The molecule has 2 saturated heterocycles. The van der Waals surface area contributed by atoms with Crippen molar-refractivity contribution in [3.05, 3.63) is 251 Å². The Labute approximate surface area is 423 Å². The molecule has 0 radical (unpaired) electrons. The Hall–Kier alpha value is -5.90. The maximum atomic E-state index is 12.7. The summed E-state index contributed by atoms with van der Waals surface area (Å²) >= 11 is 0. The van der Waals surface area contributed by atoms with E-state index in [1.54, 1.807) is 0 Å². The first-order valence-electron chi connectivity index (χ1n) is 24.8. The van der Waals surface area contributed by atoms with Gasteiger partial charge in [-0.05, 0) is 38.9 Å². The highest BCUT2D eigenvalue weighted by molar-refractivity contribution is 5.19. The minimum Gasteiger partial charge on any atom is -0.385 e. The molecule has 10 atom stereocenters. The van der Waals surface area contributed by atoms with Crippen LogP contribution in [0.1, 0.15) is 38.9 Å². The van der Waals surface area contributed by atoms with E-state index in [1.807, 2.05) is 212 Å². The highest BCUT2D eigenvalue weighted by Crippen LogP contribution is 2.36. The van der Waals surface area contributed by atoms with Gasteiger partial charge < -0.3 is 52.5 Å². The van der Waals surface area contributed by atoms with Crippen molar-refractivity contribution in [2.45, 2.75) is 108 Å². The number of aliphatic hydroxyl groups excluding tert-OH is 1. The third-order valence-electron chi connectivity index (χ3n) is 12.7. The van der Waals surface area contributed by atoms with Crippen LogP contribution in [0.5, 0.6) is 0 Å². The molecule has 0 bridgehead atoms. The van der Waals surface area contributed by atoms with Crippen LogP contribution in [0.25, 0.3) is 0 Å². The topological polar surface area (TPSA) is 113 Å². The van der Waals surface area contributed by atoms with Crippen molar-refractivity contribution < 1.29 is 52.5 Å². The summed E-state index contributed by atoms with van der Waals surface area (Å²) in [5.41, 5.74) is 6.74. The molecule has 11 nitrogen and oxygen atoms in total. The first-order chi connectivity index (χ1) is 35.6. The van der Waals surface area contributed by atoms with Gasteiger partial charge in [-0.1, -0.05) is 212 Å². The summed E-state index contributed by atoms with van der Waals surface area (Å²) in [6, 6.07) is 69.5. The van der Waals surface area contributed by atoms with Crippen LogP contribution in [0, 0.1) is 0 Å². The molecule has 2 heterocycles. The number of ether oxygens (including phenoxy) is 10. The normalized spacial score (nSPS) is 24.2. The Kier molecular flexibility index (Phi) is 19.3. The lowest BCUT2D eigenvalue weighted by molar-refractivity contribution is -0.381. The van der Waals surface area contributed by atoms with Crippen molar-refractivity contribution in [1.29, 1.82) is 0 Å². The number of benzene rings is 7. The van der Waals surface area contributed by atoms with Gasteiger partial charge in [-0.25, -0.2) is 0 Å². The third kappa shape index (κ3) is 14.8. The summed E-state index contributed by atoms with van der Waals surface area (Å²) < 4.78 is 68.1. The molecule has 7 aromatic rings. The molecule has 0 saturated carbocycles. The molecule has 2 aliphatic rings. The van der Waals surface area contributed by atoms with E-state index in [2.05, 4.69) is 0 Å². The fraction of sp³-hybridized carbons (Fsp3) is 0.311. The maximum absolute atomic E-state index is 12.7. The molecule has 9 rings (SSSR count). The molecule has 0 spiro atoms. The average Bonchev–Trinajstić information content (AvgIpc) is 3.44. The Morgan fingerprint density at radius 3 is 0.931 bits per heavy atom. The van der Waals surface area contributed by atoms with Crippen LogP contribution in [0.15, 0.2) is 212 Å². The molecule has 0 amide bonds. The lowest BCUT2D eigenvalue weighted by Crippen LogP contribution is -2.66. The van der Waals surface area contributed by atoms with Crippen LogP contribution in [-0.4, -0.2) is 79.7 Å². The average molecular weight is 973 g/mol. The van der Waals surface area contributed by atoms with Gasteiger partial charge >= 0.3 is 0 Å². The molecular formula is C61H64O11. The van der Waals surface area contributed by atoms with E-state index in [0.717, 1.165) is 38.9 Å². The molecule has 374 valence electrons. The second-order valence-electron chi connectivity index (χ2n) is 18.0. The van der Waals surface area contributed by atoms with E-state index in [0.29, 0.717) is 13.2 Å². The second kappa shape index (κ2) is 27.2. The zero-order valence-corrected chi connectivity index (χ0v) is 40.4. The fourth-order valence-electron chi connectivity index (χ4n) is 8.92. The van der Waals surface area contributed by atoms with Gasteiger partial charge in [0, 0.05) is 0 Å². The summed E-state index contributed by atoms with van der Waals surface area (Å²) in [6.45, 7) is 2.00. The van der Waals surface area contributed by atoms with Crippen molar-refractivity contribution in [3.63, 3.8) is 0 Å². The fourth-order valence-corrected chi connectivity index (χ4v) is 8.92. The van der Waals surface area contributed by atoms with Crippen LogP contribution in [-0.2, 0) is 93.6 Å². The molecule has 2 aliphatic heterocycles. The third-order valence-corrected chi connectivity index (χ3v) is 12.7. The molecule has 1 N–H and O–H groups in total. The van der Waals surface area contributed by atoms with Gasteiger partial charge in [0.25, 0.3) is 0 Å². The minimum atomic E-state index is -1.37. The van der Waals surface area contributed by atoms with Crippen molar-refractivity contribution >= 4 is 0 Å². The van der Waals surface area contributed by atoms with E-state index in [4.69, 9.17) is 47.4 Å². The van der Waals surface area contributed by atoms with Gasteiger partial charge in [0.15, 0.2) is 12.6 Å². The van der Waals surface area contributed by atoms with Crippen LogP contribution < -0.4 is 0 Å². The first-order valence-corrected chi connectivity index (χ1v) is 24.8. The highest BCUT2D eigenvalue weighted by atomic mass is 16.8. The van der Waals surface area contributed by atoms with E-state index in [-0.39, 0.29) is 46.2 Å². The van der Waals surface area contributed by atoms with Crippen LogP contribution in [0.2, 0.25) is 0 Å².